The van der Waals surface area contributed by atoms with Crippen molar-refractivity contribution in [2.24, 2.45) is 0 Å². The van der Waals surface area contributed by atoms with E-state index < -0.39 is 11.9 Å². The monoisotopic (exact) mass is 377 g/mol. The lowest BCUT2D eigenvalue weighted by molar-refractivity contribution is 0.0701. The first-order chi connectivity index (χ1) is 13.6. The molecule has 0 aliphatic carbocycles. The van der Waals surface area contributed by atoms with Gasteiger partial charge < -0.3 is 9.30 Å². The number of urea groups is 1. The van der Waals surface area contributed by atoms with Gasteiger partial charge in [-0.25, -0.2) is 9.78 Å². The molecule has 0 saturated heterocycles. The van der Waals surface area contributed by atoms with Gasteiger partial charge in [-0.2, -0.15) is 5.01 Å². The fourth-order valence-electron chi connectivity index (χ4n) is 2.95. The summed E-state index contributed by atoms with van der Waals surface area (Å²) >= 11 is 0. The number of rotatable bonds is 4. The minimum Gasteiger partial charge on any atom is -0.469 e. The van der Waals surface area contributed by atoms with Crippen molar-refractivity contribution in [2.45, 2.75) is 6.54 Å². The molecule has 3 aromatic rings. The third-order valence-electron chi connectivity index (χ3n) is 4.40. The SMILES string of the molecule is CN1C(=O)N(NC(=O)c2cn(Cc3ccccc3)cn2)COc2ccccc21. The number of imidazole rings is 1. The average molecular weight is 377 g/mol. The molecule has 4 rings (SSSR count). The van der Waals surface area contributed by atoms with Crippen LogP contribution in [0, 0.1) is 0 Å². The third-order valence-corrected chi connectivity index (χ3v) is 4.40. The van der Waals surface area contributed by atoms with E-state index in [1.165, 1.54) is 4.90 Å². The molecule has 1 N–H and O–H groups in total. The Balaban J connectivity index is 1.45. The molecule has 3 amide bonds. The van der Waals surface area contributed by atoms with E-state index in [1.807, 2.05) is 47.0 Å². The molecule has 0 bridgehead atoms. The van der Waals surface area contributed by atoms with Crippen molar-refractivity contribution < 1.29 is 14.3 Å². The van der Waals surface area contributed by atoms with Crippen LogP contribution in [0.15, 0.2) is 67.1 Å². The number of nitrogens with zero attached hydrogens (tertiary/aromatic N) is 4. The molecule has 8 heteroatoms. The van der Waals surface area contributed by atoms with Crippen LogP contribution in [0.3, 0.4) is 0 Å². The highest BCUT2D eigenvalue weighted by molar-refractivity contribution is 5.97. The number of amides is 3. The summed E-state index contributed by atoms with van der Waals surface area (Å²) in [4.78, 5) is 30.8. The van der Waals surface area contributed by atoms with E-state index in [4.69, 9.17) is 4.74 Å². The molecular formula is C20H19N5O3. The first-order valence-electron chi connectivity index (χ1n) is 8.75. The molecule has 1 aromatic heterocycles. The number of nitrogens with one attached hydrogen (secondary N) is 1. The lowest BCUT2D eigenvalue weighted by Crippen LogP contribution is -2.51. The molecule has 0 saturated carbocycles. The van der Waals surface area contributed by atoms with Crippen LogP contribution in [-0.2, 0) is 6.54 Å². The number of carbonyl (C=O) groups is 2. The summed E-state index contributed by atoms with van der Waals surface area (Å²) in [7, 11) is 1.63. The van der Waals surface area contributed by atoms with Gasteiger partial charge in [-0.1, -0.05) is 42.5 Å². The highest BCUT2D eigenvalue weighted by Gasteiger charge is 2.28. The molecule has 0 radical (unpaired) electrons. The number of hydrogen-bond donors (Lipinski definition) is 1. The van der Waals surface area contributed by atoms with Crippen molar-refractivity contribution in [1.29, 1.82) is 0 Å². The van der Waals surface area contributed by atoms with Gasteiger partial charge in [0.25, 0.3) is 5.91 Å². The Morgan fingerprint density at radius 2 is 1.89 bits per heavy atom. The summed E-state index contributed by atoms with van der Waals surface area (Å²) in [6, 6.07) is 16.7. The van der Waals surface area contributed by atoms with E-state index in [0.29, 0.717) is 18.0 Å². The zero-order valence-corrected chi connectivity index (χ0v) is 15.3. The predicted molar refractivity (Wildman–Crippen MR) is 103 cm³/mol. The number of anilines is 1. The number of para-hydroxylation sites is 2. The highest BCUT2D eigenvalue weighted by atomic mass is 16.5. The lowest BCUT2D eigenvalue weighted by Gasteiger charge is -2.23. The Morgan fingerprint density at radius 1 is 1.14 bits per heavy atom. The van der Waals surface area contributed by atoms with Crippen LogP contribution in [-0.4, -0.2) is 40.3 Å². The normalized spacial score (nSPS) is 13.5. The maximum atomic E-state index is 12.7. The molecule has 0 atom stereocenters. The van der Waals surface area contributed by atoms with Crippen LogP contribution in [0.1, 0.15) is 16.1 Å². The highest BCUT2D eigenvalue weighted by Crippen LogP contribution is 2.29. The van der Waals surface area contributed by atoms with Crippen LogP contribution in [0.2, 0.25) is 0 Å². The van der Waals surface area contributed by atoms with Crippen LogP contribution >= 0.6 is 0 Å². The molecule has 2 aromatic carbocycles. The first-order valence-corrected chi connectivity index (χ1v) is 8.75. The summed E-state index contributed by atoms with van der Waals surface area (Å²) < 4.78 is 7.46. The number of fused-ring (bicyclic) bond motifs is 1. The minimum absolute atomic E-state index is 0.101. The number of benzene rings is 2. The number of hydrogen-bond acceptors (Lipinski definition) is 4. The Hall–Kier alpha value is -3.81. The van der Waals surface area contributed by atoms with Gasteiger partial charge in [0.1, 0.15) is 11.4 Å². The summed E-state index contributed by atoms with van der Waals surface area (Å²) in [5, 5.41) is 1.12. The smallest absolute Gasteiger partial charge is 0.346 e. The maximum absolute atomic E-state index is 12.7. The third kappa shape index (κ3) is 3.52. The van der Waals surface area contributed by atoms with Gasteiger partial charge in [-0.05, 0) is 17.7 Å². The summed E-state index contributed by atoms with van der Waals surface area (Å²) in [6.45, 7) is 0.502. The molecule has 1 aliphatic rings. The Kier molecular flexibility index (Phi) is 4.67. The fourth-order valence-corrected chi connectivity index (χ4v) is 2.95. The zero-order valence-electron chi connectivity index (χ0n) is 15.3. The van der Waals surface area contributed by atoms with Gasteiger partial charge in [0.15, 0.2) is 6.73 Å². The van der Waals surface area contributed by atoms with Crippen molar-refractivity contribution in [3.63, 3.8) is 0 Å². The van der Waals surface area contributed by atoms with E-state index in [1.54, 1.807) is 31.7 Å². The average Bonchev–Trinajstić information content (AvgIpc) is 3.15. The molecule has 0 unspecified atom stereocenters. The molecule has 0 fully saturated rings. The van der Waals surface area contributed by atoms with E-state index in [2.05, 4.69) is 10.4 Å². The molecule has 8 nitrogen and oxygen atoms in total. The van der Waals surface area contributed by atoms with Crippen LogP contribution in [0.5, 0.6) is 5.75 Å². The Bertz CT molecular complexity index is 1000. The second-order valence-corrected chi connectivity index (χ2v) is 6.37. The van der Waals surface area contributed by atoms with E-state index in [0.717, 1.165) is 10.6 Å². The zero-order chi connectivity index (χ0) is 19.5. The number of carbonyl (C=O) groups excluding carboxylic acids is 2. The van der Waals surface area contributed by atoms with E-state index in [-0.39, 0.29) is 12.4 Å². The Labute approximate surface area is 161 Å². The topological polar surface area (TPSA) is 79.7 Å². The minimum atomic E-state index is -0.483. The fraction of sp³-hybridized carbons (Fsp3) is 0.150. The van der Waals surface area contributed by atoms with Gasteiger partial charge in [0.05, 0.1) is 12.0 Å². The standard InChI is InChI=1S/C20H19N5O3/c1-23-17-9-5-6-10-18(17)28-14-25(20(23)27)22-19(26)16-12-24(13-21-16)11-15-7-3-2-4-8-15/h2-10,12-13H,11,14H2,1H3,(H,22,26). The van der Waals surface area contributed by atoms with Crippen molar-refractivity contribution in [3.8, 4) is 5.75 Å². The largest absolute Gasteiger partial charge is 0.469 e. The van der Waals surface area contributed by atoms with E-state index >= 15 is 0 Å². The molecule has 142 valence electrons. The van der Waals surface area contributed by atoms with Crippen LogP contribution in [0.25, 0.3) is 0 Å². The molecule has 2 heterocycles. The molecule has 28 heavy (non-hydrogen) atoms. The Morgan fingerprint density at radius 3 is 2.71 bits per heavy atom. The maximum Gasteiger partial charge on any atom is 0.346 e. The van der Waals surface area contributed by atoms with Crippen molar-refractivity contribution in [1.82, 2.24) is 20.0 Å². The summed E-state index contributed by atoms with van der Waals surface area (Å²) in [6.07, 6.45) is 3.23. The predicted octanol–water partition coefficient (Wildman–Crippen LogP) is 2.48. The second-order valence-electron chi connectivity index (χ2n) is 6.37. The van der Waals surface area contributed by atoms with Crippen LogP contribution in [0.4, 0.5) is 10.5 Å². The van der Waals surface area contributed by atoms with Crippen molar-refractivity contribution >= 4 is 17.6 Å². The first kappa shape index (κ1) is 17.6. The molecule has 0 spiro atoms. The van der Waals surface area contributed by atoms with E-state index in [9.17, 15) is 9.59 Å². The van der Waals surface area contributed by atoms with Gasteiger partial charge >= 0.3 is 6.03 Å². The summed E-state index contributed by atoms with van der Waals surface area (Å²) in [5.74, 6) is 0.0883. The summed E-state index contributed by atoms with van der Waals surface area (Å²) in [5.41, 5.74) is 4.52. The van der Waals surface area contributed by atoms with Crippen molar-refractivity contribution in [2.75, 3.05) is 18.7 Å². The molecule has 1 aliphatic heterocycles. The number of ether oxygens (including phenoxy) is 1. The van der Waals surface area contributed by atoms with Crippen LogP contribution < -0.4 is 15.1 Å². The number of hydrazine groups is 1. The van der Waals surface area contributed by atoms with Crippen molar-refractivity contribution in [3.05, 3.63) is 78.4 Å². The quantitative estimate of drug-likeness (QED) is 0.758. The van der Waals surface area contributed by atoms with Gasteiger partial charge in [-0.3, -0.25) is 15.1 Å². The van der Waals surface area contributed by atoms with Gasteiger partial charge in [0.2, 0.25) is 0 Å². The second kappa shape index (κ2) is 7.43. The lowest BCUT2D eigenvalue weighted by atomic mass is 10.2. The number of aromatic nitrogens is 2. The van der Waals surface area contributed by atoms with Gasteiger partial charge in [0, 0.05) is 19.8 Å². The molecular weight excluding hydrogens is 358 g/mol. The van der Waals surface area contributed by atoms with Gasteiger partial charge in [-0.15, -0.1) is 0 Å².